The standard InChI is InChI=1S/C45H80N5O7/c1-6-7-8-9-10-11-12-13-14-15-16-17-18-22-28-47-29-23-21-26-46-27-32-55-35-36-56-33-30-48(43(51)40-37-44(2,3)50(54)45(40,4)5)31-34-57-42(38-47)39-24-19-20-25-41(39)49(52)53/h19-20,24-25,40,42,46H,6-18,21-23,26-38H2,1-5H3. The van der Waals surface area contributed by atoms with E-state index in [2.05, 4.69) is 17.1 Å². The molecule has 2 fully saturated rings. The molecule has 0 aliphatic carbocycles. The molecule has 0 saturated carbocycles. The summed E-state index contributed by atoms with van der Waals surface area (Å²) in [6.07, 6.45) is 20.3. The van der Waals surface area contributed by atoms with Gasteiger partial charge in [-0.15, -0.1) is 10.3 Å². The quantitative estimate of drug-likeness (QED) is 0.0879. The number of rotatable bonds is 18. The maximum Gasteiger partial charge on any atom is 0.275 e. The summed E-state index contributed by atoms with van der Waals surface area (Å²) in [6, 6.07) is 6.89. The number of nitrogens with one attached hydrogen (secondary N) is 1. The summed E-state index contributed by atoms with van der Waals surface area (Å²) in [4.78, 5) is 30.3. The van der Waals surface area contributed by atoms with Crippen LogP contribution in [0.5, 0.6) is 0 Å². The monoisotopic (exact) mass is 803 g/mol. The van der Waals surface area contributed by atoms with E-state index >= 15 is 0 Å². The number of amides is 1. The predicted octanol–water partition coefficient (Wildman–Crippen LogP) is 8.91. The van der Waals surface area contributed by atoms with Crippen LogP contribution in [-0.2, 0) is 24.2 Å². The van der Waals surface area contributed by atoms with Crippen molar-refractivity contribution in [1.82, 2.24) is 20.2 Å². The van der Waals surface area contributed by atoms with E-state index in [1.807, 2.05) is 33.8 Å². The molecule has 1 N–H and O–H groups in total. The van der Waals surface area contributed by atoms with Crippen LogP contribution in [0.25, 0.3) is 0 Å². The highest BCUT2D eigenvalue weighted by Gasteiger charge is 2.55. The van der Waals surface area contributed by atoms with E-state index < -0.39 is 23.1 Å². The average Bonchev–Trinajstić information content (AvgIpc) is 3.35. The molecular weight excluding hydrogens is 723 g/mol. The highest BCUT2D eigenvalue weighted by molar-refractivity contribution is 5.81. The van der Waals surface area contributed by atoms with Crippen molar-refractivity contribution in [3.63, 3.8) is 0 Å². The number of nitro groups is 1. The molecule has 327 valence electrons. The van der Waals surface area contributed by atoms with Gasteiger partial charge in [0.25, 0.3) is 5.69 Å². The molecule has 1 aromatic carbocycles. The molecule has 12 nitrogen and oxygen atoms in total. The molecule has 2 saturated heterocycles. The first kappa shape index (κ1) is 49.2. The SMILES string of the molecule is CCCCCCCCCCCCCCCCN1CCCCNCCOCCOCCN(C(=O)C2CC(C)(C)N([O])C2(C)C)CCOC(c2ccccc2[N+](=O)[O-])C1. The van der Waals surface area contributed by atoms with Crippen LogP contribution >= 0.6 is 0 Å². The van der Waals surface area contributed by atoms with Crippen LogP contribution in [0.3, 0.4) is 0 Å². The summed E-state index contributed by atoms with van der Waals surface area (Å²) in [5.41, 5.74) is -0.926. The van der Waals surface area contributed by atoms with Gasteiger partial charge in [0, 0.05) is 37.8 Å². The Morgan fingerprint density at radius 3 is 2.00 bits per heavy atom. The summed E-state index contributed by atoms with van der Waals surface area (Å²) in [6.45, 7) is 16.4. The van der Waals surface area contributed by atoms with Crippen LogP contribution < -0.4 is 5.32 Å². The van der Waals surface area contributed by atoms with E-state index in [1.54, 1.807) is 23.1 Å². The Balaban J connectivity index is 1.67. The molecule has 1 radical (unpaired) electrons. The van der Waals surface area contributed by atoms with Crippen molar-refractivity contribution < 1.29 is 29.1 Å². The zero-order valence-corrected chi connectivity index (χ0v) is 36.6. The van der Waals surface area contributed by atoms with E-state index in [-0.39, 0.29) is 29.7 Å². The fourth-order valence-electron chi connectivity index (χ4n) is 8.58. The number of nitrogens with zero attached hydrogens (tertiary/aromatic N) is 4. The molecule has 1 aromatic rings. The maximum atomic E-state index is 14.2. The highest BCUT2D eigenvalue weighted by Crippen LogP contribution is 2.44. The number of carbonyl (C=O) groups is 1. The lowest BCUT2D eigenvalue weighted by Gasteiger charge is -2.35. The summed E-state index contributed by atoms with van der Waals surface area (Å²) in [5, 5.41) is 30.1. The van der Waals surface area contributed by atoms with Gasteiger partial charge < -0.3 is 29.3 Å². The number of hydroxylamine groups is 2. The van der Waals surface area contributed by atoms with Gasteiger partial charge in [0.1, 0.15) is 6.10 Å². The Hall–Kier alpha value is -2.19. The van der Waals surface area contributed by atoms with Crippen molar-refractivity contribution >= 4 is 11.6 Å². The topological polar surface area (TPSA) is 130 Å². The molecule has 0 bridgehead atoms. The van der Waals surface area contributed by atoms with E-state index in [1.165, 1.54) is 83.5 Å². The van der Waals surface area contributed by atoms with Gasteiger partial charge in [0.15, 0.2) is 0 Å². The first-order chi connectivity index (χ1) is 27.5. The van der Waals surface area contributed by atoms with Gasteiger partial charge in [-0.3, -0.25) is 14.9 Å². The van der Waals surface area contributed by atoms with Gasteiger partial charge in [-0.05, 0) is 79.1 Å². The van der Waals surface area contributed by atoms with Crippen LogP contribution in [0, 0.1) is 16.0 Å². The van der Waals surface area contributed by atoms with Crippen molar-refractivity contribution in [2.75, 3.05) is 78.8 Å². The second-order valence-corrected chi connectivity index (χ2v) is 17.6. The zero-order chi connectivity index (χ0) is 41.4. The van der Waals surface area contributed by atoms with Gasteiger partial charge in [-0.2, -0.15) is 0 Å². The molecule has 57 heavy (non-hydrogen) atoms. The van der Waals surface area contributed by atoms with Gasteiger partial charge in [-0.1, -0.05) is 103 Å². The van der Waals surface area contributed by atoms with Crippen molar-refractivity contribution in [2.24, 2.45) is 5.92 Å². The molecule has 2 heterocycles. The highest BCUT2D eigenvalue weighted by atomic mass is 16.6. The molecule has 0 aromatic heterocycles. The Morgan fingerprint density at radius 1 is 0.789 bits per heavy atom. The average molecular weight is 803 g/mol. The maximum absolute atomic E-state index is 14.2. The molecular formula is C45H80N5O7. The third-order valence-electron chi connectivity index (χ3n) is 12.0. The van der Waals surface area contributed by atoms with Crippen molar-refractivity contribution in [3.05, 3.63) is 39.9 Å². The lowest BCUT2D eigenvalue weighted by molar-refractivity contribution is -0.386. The minimum Gasteiger partial charge on any atom is -0.378 e. The number of para-hydroxylation sites is 1. The molecule has 0 spiro atoms. The molecule has 2 atom stereocenters. The second-order valence-electron chi connectivity index (χ2n) is 17.6. The lowest BCUT2D eigenvalue weighted by atomic mass is 9.86. The number of unbranched alkanes of at least 4 members (excludes halogenated alkanes) is 13. The third kappa shape index (κ3) is 17.9. The molecule has 2 aliphatic rings. The zero-order valence-electron chi connectivity index (χ0n) is 36.6. The summed E-state index contributed by atoms with van der Waals surface area (Å²) in [7, 11) is 0. The van der Waals surface area contributed by atoms with Gasteiger partial charge >= 0.3 is 0 Å². The minimum absolute atomic E-state index is 0.0478. The van der Waals surface area contributed by atoms with E-state index in [4.69, 9.17) is 14.2 Å². The Kier molecular flexibility index (Phi) is 23.8. The van der Waals surface area contributed by atoms with Gasteiger partial charge in [-0.25, -0.2) is 0 Å². The van der Waals surface area contributed by atoms with Gasteiger partial charge in [0.2, 0.25) is 5.91 Å². The molecule has 12 heteroatoms. The lowest BCUT2D eigenvalue weighted by Crippen LogP contribution is -2.50. The van der Waals surface area contributed by atoms with E-state index in [0.717, 1.165) is 50.5 Å². The fraction of sp³-hybridized carbons (Fsp3) is 0.844. The number of nitro benzene ring substituents is 1. The molecule has 1 amide bonds. The third-order valence-corrected chi connectivity index (χ3v) is 12.0. The van der Waals surface area contributed by atoms with Crippen molar-refractivity contribution in [2.45, 2.75) is 161 Å². The fourth-order valence-corrected chi connectivity index (χ4v) is 8.58. The van der Waals surface area contributed by atoms with Crippen LogP contribution in [0.1, 0.15) is 155 Å². The number of hydrogen-bond donors (Lipinski definition) is 1. The number of ether oxygens (including phenoxy) is 3. The van der Waals surface area contributed by atoms with E-state index in [9.17, 15) is 20.1 Å². The number of benzene rings is 1. The first-order valence-corrected chi connectivity index (χ1v) is 22.7. The summed E-state index contributed by atoms with van der Waals surface area (Å²) in [5.74, 6) is -0.581. The number of hydrogen-bond acceptors (Lipinski definition) is 9. The Labute approximate surface area is 345 Å². The predicted molar refractivity (Wildman–Crippen MR) is 228 cm³/mol. The van der Waals surface area contributed by atoms with Crippen LogP contribution in [0.2, 0.25) is 0 Å². The van der Waals surface area contributed by atoms with Gasteiger partial charge in [0.05, 0.1) is 55.0 Å². The number of carbonyl (C=O) groups excluding carboxylic acids is 1. The summed E-state index contributed by atoms with van der Waals surface area (Å²) >= 11 is 0. The van der Waals surface area contributed by atoms with Crippen LogP contribution in [-0.4, -0.2) is 116 Å². The smallest absolute Gasteiger partial charge is 0.275 e. The summed E-state index contributed by atoms with van der Waals surface area (Å²) < 4.78 is 18.3. The van der Waals surface area contributed by atoms with Crippen LogP contribution in [0.15, 0.2) is 24.3 Å². The van der Waals surface area contributed by atoms with Crippen molar-refractivity contribution in [3.8, 4) is 0 Å². The Bertz CT molecular complexity index is 1250. The molecule has 3 rings (SSSR count). The largest absolute Gasteiger partial charge is 0.378 e. The minimum atomic E-state index is -0.867. The first-order valence-electron chi connectivity index (χ1n) is 22.7. The van der Waals surface area contributed by atoms with E-state index in [0.29, 0.717) is 51.5 Å². The van der Waals surface area contributed by atoms with Crippen molar-refractivity contribution in [1.29, 1.82) is 0 Å². The molecule has 2 unspecified atom stereocenters. The van der Waals surface area contributed by atoms with Crippen LogP contribution in [0.4, 0.5) is 5.69 Å². The second kappa shape index (κ2) is 27.5. The molecule has 2 aliphatic heterocycles. The normalized spacial score (nSPS) is 22.7. The Morgan fingerprint density at radius 2 is 1.39 bits per heavy atom.